The zero-order valence-corrected chi connectivity index (χ0v) is 14.6. The Bertz CT molecular complexity index is 870. The average Bonchev–Trinajstić information content (AvgIpc) is 3.12. The van der Waals surface area contributed by atoms with Crippen LogP contribution in [0.4, 0.5) is 0 Å². The monoisotopic (exact) mass is 350 g/mol. The predicted octanol–water partition coefficient (Wildman–Crippen LogP) is 1.62. The van der Waals surface area contributed by atoms with E-state index in [4.69, 9.17) is 0 Å². The molecule has 1 saturated heterocycles. The number of hydrogen-bond acceptors (Lipinski definition) is 5. The summed E-state index contributed by atoms with van der Waals surface area (Å²) in [7, 11) is 0. The van der Waals surface area contributed by atoms with Gasteiger partial charge in [0.25, 0.3) is 0 Å². The summed E-state index contributed by atoms with van der Waals surface area (Å²) in [4.78, 5) is 18.6. The van der Waals surface area contributed by atoms with Crippen LogP contribution in [0.15, 0.2) is 48.8 Å². The van der Waals surface area contributed by atoms with E-state index in [1.165, 1.54) is 0 Å². The first-order valence-electron chi connectivity index (χ1n) is 8.98. The van der Waals surface area contributed by atoms with Crippen molar-refractivity contribution in [1.82, 2.24) is 29.8 Å². The van der Waals surface area contributed by atoms with Gasteiger partial charge in [0.15, 0.2) is 5.65 Å². The summed E-state index contributed by atoms with van der Waals surface area (Å²) in [6.45, 7) is 2.69. The normalized spacial score (nSPS) is 16.0. The van der Waals surface area contributed by atoms with Crippen LogP contribution in [0.25, 0.3) is 5.65 Å². The van der Waals surface area contributed by atoms with E-state index in [1.54, 1.807) is 6.20 Å². The van der Waals surface area contributed by atoms with Gasteiger partial charge in [0, 0.05) is 18.3 Å². The summed E-state index contributed by atoms with van der Waals surface area (Å²) in [6.07, 6.45) is 5.73. The molecule has 26 heavy (non-hydrogen) atoms. The highest BCUT2D eigenvalue weighted by molar-refractivity contribution is 5.77. The first kappa shape index (κ1) is 16.7. The molecule has 0 unspecified atom stereocenters. The Morgan fingerprint density at radius 1 is 1.12 bits per heavy atom. The fourth-order valence-electron chi connectivity index (χ4n) is 3.44. The van der Waals surface area contributed by atoms with Crippen LogP contribution >= 0.6 is 0 Å². The van der Waals surface area contributed by atoms with Gasteiger partial charge in [-0.05, 0) is 50.2 Å². The lowest BCUT2D eigenvalue weighted by atomic mass is 9.96. The highest BCUT2D eigenvalue weighted by Crippen LogP contribution is 2.26. The van der Waals surface area contributed by atoms with Crippen molar-refractivity contribution < 1.29 is 4.79 Å². The number of likely N-dealkylation sites (tertiary alicyclic amines) is 1. The lowest BCUT2D eigenvalue weighted by molar-refractivity contribution is -0.122. The number of fused-ring (bicyclic) bond motifs is 1. The van der Waals surface area contributed by atoms with Gasteiger partial charge in [0.05, 0.1) is 18.8 Å². The standard InChI is InChI=1S/C19H22N6O/c26-18(21-13-16-5-1-3-9-20-16)14-24-11-7-15(8-12-24)19-23-22-17-6-2-4-10-25(17)19/h1-6,9-10,15H,7-8,11-14H2,(H,21,26). The summed E-state index contributed by atoms with van der Waals surface area (Å²) in [5.41, 5.74) is 1.76. The zero-order chi connectivity index (χ0) is 17.8. The minimum Gasteiger partial charge on any atom is -0.349 e. The van der Waals surface area contributed by atoms with Gasteiger partial charge >= 0.3 is 0 Å². The second-order valence-electron chi connectivity index (χ2n) is 6.64. The Morgan fingerprint density at radius 2 is 1.96 bits per heavy atom. The average molecular weight is 350 g/mol. The van der Waals surface area contributed by atoms with Crippen LogP contribution in [0.3, 0.4) is 0 Å². The number of rotatable bonds is 5. The van der Waals surface area contributed by atoms with E-state index >= 15 is 0 Å². The zero-order valence-electron chi connectivity index (χ0n) is 14.6. The number of aromatic nitrogens is 4. The van der Waals surface area contributed by atoms with Gasteiger partial charge in [-0.2, -0.15) is 0 Å². The van der Waals surface area contributed by atoms with Crippen molar-refractivity contribution in [2.75, 3.05) is 19.6 Å². The minimum atomic E-state index is 0.0435. The van der Waals surface area contributed by atoms with E-state index in [0.29, 0.717) is 19.0 Å². The van der Waals surface area contributed by atoms with Crippen LogP contribution in [0, 0.1) is 0 Å². The van der Waals surface area contributed by atoms with Crippen LogP contribution < -0.4 is 5.32 Å². The van der Waals surface area contributed by atoms with Crippen molar-refractivity contribution in [3.05, 3.63) is 60.3 Å². The second kappa shape index (κ2) is 7.61. The largest absolute Gasteiger partial charge is 0.349 e. The third-order valence-electron chi connectivity index (χ3n) is 4.85. The Hall–Kier alpha value is -2.80. The quantitative estimate of drug-likeness (QED) is 0.757. The smallest absolute Gasteiger partial charge is 0.234 e. The SMILES string of the molecule is O=C(CN1CCC(c2nnc3ccccn23)CC1)NCc1ccccn1. The van der Waals surface area contributed by atoms with Gasteiger partial charge < -0.3 is 5.32 Å². The third-order valence-corrected chi connectivity index (χ3v) is 4.85. The topological polar surface area (TPSA) is 75.4 Å². The van der Waals surface area contributed by atoms with E-state index in [2.05, 4.69) is 29.8 Å². The van der Waals surface area contributed by atoms with Gasteiger partial charge in [0.1, 0.15) is 5.82 Å². The van der Waals surface area contributed by atoms with Crippen molar-refractivity contribution in [1.29, 1.82) is 0 Å². The molecule has 0 aliphatic carbocycles. The fraction of sp³-hybridized carbons (Fsp3) is 0.368. The number of carbonyl (C=O) groups is 1. The Morgan fingerprint density at radius 3 is 2.77 bits per heavy atom. The molecule has 1 aliphatic heterocycles. The minimum absolute atomic E-state index is 0.0435. The molecule has 0 aromatic carbocycles. The van der Waals surface area contributed by atoms with Crippen molar-refractivity contribution in [2.24, 2.45) is 0 Å². The summed E-state index contributed by atoms with van der Waals surface area (Å²) in [5.74, 6) is 1.46. The van der Waals surface area contributed by atoms with E-state index in [-0.39, 0.29) is 5.91 Å². The third kappa shape index (κ3) is 3.72. The fourth-order valence-corrected chi connectivity index (χ4v) is 3.44. The van der Waals surface area contributed by atoms with E-state index < -0.39 is 0 Å². The summed E-state index contributed by atoms with van der Waals surface area (Å²) in [5, 5.41) is 11.6. The Labute approximate surface area is 152 Å². The lowest BCUT2D eigenvalue weighted by Crippen LogP contribution is -2.41. The van der Waals surface area contributed by atoms with Crippen molar-refractivity contribution in [3.63, 3.8) is 0 Å². The van der Waals surface area contributed by atoms with E-state index in [0.717, 1.165) is 43.1 Å². The molecule has 1 amide bonds. The maximum absolute atomic E-state index is 12.2. The molecule has 134 valence electrons. The molecule has 0 saturated carbocycles. The van der Waals surface area contributed by atoms with Crippen molar-refractivity contribution in [2.45, 2.75) is 25.3 Å². The first-order valence-corrected chi connectivity index (χ1v) is 8.98. The van der Waals surface area contributed by atoms with Crippen LogP contribution in [0.5, 0.6) is 0 Å². The predicted molar refractivity (Wildman–Crippen MR) is 97.5 cm³/mol. The maximum Gasteiger partial charge on any atom is 0.234 e. The molecular formula is C19H22N6O. The molecule has 1 fully saturated rings. The van der Waals surface area contributed by atoms with Crippen LogP contribution in [0.2, 0.25) is 0 Å². The maximum atomic E-state index is 12.2. The molecule has 7 heteroatoms. The van der Waals surface area contributed by atoms with E-state index in [1.807, 2.05) is 42.6 Å². The van der Waals surface area contributed by atoms with Crippen LogP contribution in [0.1, 0.15) is 30.3 Å². The summed E-state index contributed by atoms with van der Waals surface area (Å²) in [6, 6.07) is 11.6. The summed E-state index contributed by atoms with van der Waals surface area (Å²) >= 11 is 0. The second-order valence-corrected chi connectivity index (χ2v) is 6.64. The first-order chi connectivity index (χ1) is 12.8. The molecule has 4 rings (SSSR count). The van der Waals surface area contributed by atoms with Gasteiger partial charge in [-0.3, -0.25) is 19.1 Å². The van der Waals surface area contributed by atoms with Crippen molar-refractivity contribution >= 4 is 11.6 Å². The molecule has 0 radical (unpaired) electrons. The Kier molecular flexibility index (Phi) is 4.88. The number of nitrogens with one attached hydrogen (secondary N) is 1. The lowest BCUT2D eigenvalue weighted by Gasteiger charge is -2.30. The van der Waals surface area contributed by atoms with Crippen molar-refractivity contribution in [3.8, 4) is 0 Å². The van der Waals surface area contributed by atoms with Crippen LogP contribution in [-0.4, -0.2) is 50.0 Å². The molecule has 7 nitrogen and oxygen atoms in total. The number of hydrogen-bond donors (Lipinski definition) is 1. The highest BCUT2D eigenvalue weighted by atomic mass is 16.2. The molecule has 3 aromatic heterocycles. The molecule has 0 spiro atoms. The molecule has 1 N–H and O–H groups in total. The number of carbonyl (C=O) groups excluding carboxylic acids is 1. The molecule has 0 atom stereocenters. The van der Waals surface area contributed by atoms with Gasteiger partial charge in [-0.15, -0.1) is 10.2 Å². The van der Waals surface area contributed by atoms with E-state index in [9.17, 15) is 4.79 Å². The number of amides is 1. The number of piperidine rings is 1. The van der Waals surface area contributed by atoms with Crippen LogP contribution in [-0.2, 0) is 11.3 Å². The molecule has 3 aromatic rings. The number of nitrogens with zero attached hydrogens (tertiary/aromatic N) is 5. The molecule has 0 bridgehead atoms. The number of pyridine rings is 2. The molecular weight excluding hydrogens is 328 g/mol. The summed E-state index contributed by atoms with van der Waals surface area (Å²) < 4.78 is 2.07. The Balaban J connectivity index is 1.28. The molecule has 4 heterocycles. The highest BCUT2D eigenvalue weighted by Gasteiger charge is 2.25. The van der Waals surface area contributed by atoms with Gasteiger partial charge in [-0.1, -0.05) is 12.1 Å². The van der Waals surface area contributed by atoms with Gasteiger partial charge in [0.2, 0.25) is 5.91 Å². The molecule has 1 aliphatic rings. The van der Waals surface area contributed by atoms with Gasteiger partial charge in [-0.25, -0.2) is 0 Å².